The van der Waals surface area contributed by atoms with Gasteiger partial charge in [-0.2, -0.15) is 0 Å². The number of carbonyl (C=O) groups is 2. The van der Waals surface area contributed by atoms with Crippen LogP contribution in [-0.2, 0) is 9.59 Å². The molecule has 0 aromatic heterocycles. The normalized spacial score (nSPS) is 17.3. The van der Waals surface area contributed by atoms with Crippen LogP contribution >= 0.6 is 0 Å². The number of benzene rings is 2. The van der Waals surface area contributed by atoms with Crippen LogP contribution in [0.4, 0.5) is 14.5 Å². The number of halogens is 2. The van der Waals surface area contributed by atoms with Crippen molar-refractivity contribution in [1.82, 2.24) is 4.90 Å². The highest BCUT2D eigenvalue weighted by Crippen LogP contribution is 2.37. The average molecular weight is 398 g/mol. The maximum Gasteiger partial charge on any atom is 0.282 e. The molecule has 2 aromatic carbocycles. The zero-order valence-electron chi connectivity index (χ0n) is 16.0. The quantitative estimate of drug-likeness (QED) is 0.737. The van der Waals surface area contributed by atoms with E-state index in [1.807, 2.05) is 4.90 Å². The predicted octanol–water partition coefficient (Wildman–Crippen LogP) is 3.74. The molecule has 0 bridgehead atoms. The van der Waals surface area contributed by atoms with Crippen molar-refractivity contribution in [1.29, 1.82) is 0 Å². The Morgan fingerprint density at radius 3 is 2.21 bits per heavy atom. The maximum atomic E-state index is 14.4. The number of nitrogens with zero attached hydrogens (tertiary/aromatic N) is 2. The molecule has 0 saturated carbocycles. The van der Waals surface area contributed by atoms with Crippen molar-refractivity contribution < 1.29 is 23.1 Å². The minimum Gasteiger partial charge on any atom is -0.497 e. The molecule has 2 aliphatic heterocycles. The molecule has 0 spiro atoms. The van der Waals surface area contributed by atoms with Crippen molar-refractivity contribution >= 4 is 23.1 Å². The summed E-state index contributed by atoms with van der Waals surface area (Å²) in [6.07, 6.45) is 2.87. The SMILES string of the molecule is COc1ccc(C2=C(N3CCCCC3)C(=O)N(c3ccc(F)cc3F)C2=O)cc1. The molecule has 4 rings (SSSR count). The van der Waals surface area contributed by atoms with E-state index in [0.717, 1.165) is 36.3 Å². The minimum atomic E-state index is -0.958. The van der Waals surface area contributed by atoms with E-state index in [4.69, 9.17) is 4.74 Å². The smallest absolute Gasteiger partial charge is 0.282 e. The van der Waals surface area contributed by atoms with Gasteiger partial charge in [0, 0.05) is 19.2 Å². The van der Waals surface area contributed by atoms with Crippen LogP contribution in [0.25, 0.3) is 5.57 Å². The summed E-state index contributed by atoms with van der Waals surface area (Å²) in [4.78, 5) is 29.3. The number of carbonyl (C=O) groups excluding carboxylic acids is 2. The highest BCUT2D eigenvalue weighted by atomic mass is 19.1. The second kappa shape index (κ2) is 7.66. The summed E-state index contributed by atoms with van der Waals surface area (Å²) in [5, 5.41) is 0. The van der Waals surface area contributed by atoms with Gasteiger partial charge in [-0.15, -0.1) is 0 Å². The Hall–Kier alpha value is -3.22. The summed E-state index contributed by atoms with van der Waals surface area (Å²) in [5.41, 5.74) is 0.793. The Morgan fingerprint density at radius 1 is 0.897 bits per heavy atom. The molecule has 0 atom stereocenters. The molecular weight excluding hydrogens is 378 g/mol. The van der Waals surface area contributed by atoms with E-state index >= 15 is 0 Å². The third-order valence-corrected chi connectivity index (χ3v) is 5.26. The monoisotopic (exact) mass is 398 g/mol. The number of amides is 2. The Labute approximate surface area is 167 Å². The van der Waals surface area contributed by atoms with Gasteiger partial charge in [0.1, 0.15) is 23.1 Å². The molecule has 7 heteroatoms. The number of rotatable bonds is 4. The van der Waals surface area contributed by atoms with Gasteiger partial charge in [0.25, 0.3) is 11.8 Å². The molecule has 5 nitrogen and oxygen atoms in total. The number of methoxy groups -OCH3 is 1. The van der Waals surface area contributed by atoms with Crippen LogP contribution in [0.3, 0.4) is 0 Å². The van der Waals surface area contributed by atoms with Gasteiger partial charge in [-0.1, -0.05) is 12.1 Å². The minimum absolute atomic E-state index is 0.225. The van der Waals surface area contributed by atoms with Crippen LogP contribution in [0.15, 0.2) is 48.2 Å². The standard InChI is InChI=1S/C22H20F2N2O3/c1-29-16-8-5-14(6-9-16)19-20(25-11-3-2-4-12-25)22(28)26(21(19)27)18-10-7-15(23)13-17(18)24/h5-10,13H,2-4,11-12H2,1H3. The molecule has 0 N–H and O–H groups in total. The molecule has 2 heterocycles. The van der Waals surface area contributed by atoms with Gasteiger partial charge in [0.15, 0.2) is 0 Å². The number of ether oxygens (including phenoxy) is 1. The molecule has 2 aliphatic rings. The molecule has 2 aromatic rings. The highest BCUT2D eigenvalue weighted by Gasteiger charge is 2.43. The topological polar surface area (TPSA) is 49.9 Å². The Kier molecular flexibility index (Phi) is 5.05. The van der Waals surface area contributed by atoms with Gasteiger partial charge in [-0.25, -0.2) is 13.7 Å². The number of imide groups is 1. The highest BCUT2D eigenvalue weighted by molar-refractivity contribution is 6.45. The molecule has 1 fully saturated rings. The van der Waals surface area contributed by atoms with E-state index in [2.05, 4.69) is 0 Å². The van der Waals surface area contributed by atoms with Gasteiger partial charge in [-0.05, 0) is 49.1 Å². The van der Waals surface area contributed by atoms with Crippen molar-refractivity contribution in [2.45, 2.75) is 19.3 Å². The average Bonchev–Trinajstić information content (AvgIpc) is 2.99. The van der Waals surface area contributed by atoms with Gasteiger partial charge in [-0.3, -0.25) is 9.59 Å². The van der Waals surface area contributed by atoms with Crippen LogP contribution in [0.2, 0.25) is 0 Å². The van der Waals surface area contributed by atoms with Crippen molar-refractivity contribution in [2.24, 2.45) is 0 Å². The van der Waals surface area contributed by atoms with E-state index in [1.165, 1.54) is 7.11 Å². The zero-order chi connectivity index (χ0) is 20.5. The van der Waals surface area contributed by atoms with Crippen LogP contribution in [-0.4, -0.2) is 36.9 Å². The van der Waals surface area contributed by atoms with Crippen LogP contribution < -0.4 is 9.64 Å². The van der Waals surface area contributed by atoms with Crippen LogP contribution in [0.1, 0.15) is 24.8 Å². The lowest BCUT2D eigenvalue weighted by atomic mass is 10.0. The van der Waals surface area contributed by atoms with Crippen molar-refractivity contribution in [3.8, 4) is 5.75 Å². The molecule has 0 unspecified atom stereocenters. The fourth-order valence-corrected chi connectivity index (χ4v) is 3.83. The van der Waals surface area contributed by atoms with Crippen molar-refractivity contribution in [2.75, 3.05) is 25.1 Å². The fourth-order valence-electron chi connectivity index (χ4n) is 3.83. The molecule has 29 heavy (non-hydrogen) atoms. The van der Waals surface area contributed by atoms with E-state index in [0.29, 0.717) is 30.5 Å². The number of anilines is 1. The van der Waals surface area contributed by atoms with E-state index in [9.17, 15) is 18.4 Å². The van der Waals surface area contributed by atoms with Crippen LogP contribution in [0.5, 0.6) is 5.75 Å². The molecule has 0 radical (unpaired) electrons. The zero-order valence-corrected chi connectivity index (χ0v) is 16.0. The first-order valence-corrected chi connectivity index (χ1v) is 9.48. The van der Waals surface area contributed by atoms with Crippen molar-refractivity contribution in [3.63, 3.8) is 0 Å². The van der Waals surface area contributed by atoms with Crippen LogP contribution in [0, 0.1) is 11.6 Å². The van der Waals surface area contributed by atoms with E-state index in [1.54, 1.807) is 24.3 Å². The summed E-state index contributed by atoms with van der Waals surface area (Å²) in [6.45, 7) is 1.29. The maximum absolute atomic E-state index is 14.4. The summed E-state index contributed by atoms with van der Waals surface area (Å²) in [5.74, 6) is -2.32. The van der Waals surface area contributed by atoms with Gasteiger partial charge < -0.3 is 9.64 Å². The lowest BCUT2D eigenvalue weighted by Gasteiger charge is -2.29. The first-order valence-electron chi connectivity index (χ1n) is 9.48. The fraction of sp³-hybridized carbons (Fsp3) is 0.273. The second-order valence-corrected chi connectivity index (χ2v) is 7.04. The summed E-state index contributed by atoms with van der Waals surface area (Å²) >= 11 is 0. The molecular formula is C22H20F2N2O3. The first kappa shape index (κ1) is 19.1. The van der Waals surface area contributed by atoms with Crippen molar-refractivity contribution in [3.05, 3.63) is 65.4 Å². The third-order valence-electron chi connectivity index (χ3n) is 5.26. The number of likely N-dealkylation sites (tertiary alicyclic amines) is 1. The molecule has 2 amide bonds. The Balaban J connectivity index is 1.82. The summed E-state index contributed by atoms with van der Waals surface area (Å²) in [7, 11) is 1.54. The lowest BCUT2D eigenvalue weighted by Crippen LogP contribution is -2.37. The van der Waals surface area contributed by atoms with Gasteiger partial charge in [0.2, 0.25) is 0 Å². The van der Waals surface area contributed by atoms with Gasteiger partial charge >= 0.3 is 0 Å². The van der Waals surface area contributed by atoms with Gasteiger partial charge in [0.05, 0.1) is 18.4 Å². The largest absolute Gasteiger partial charge is 0.497 e. The number of hydrogen-bond acceptors (Lipinski definition) is 4. The Bertz CT molecular complexity index is 996. The molecule has 150 valence electrons. The first-order chi connectivity index (χ1) is 14.0. The van der Waals surface area contributed by atoms with E-state index in [-0.39, 0.29) is 17.0 Å². The molecule has 1 saturated heterocycles. The third kappa shape index (κ3) is 3.37. The summed E-state index contributed by atoms with van der Waals surface area (Å²) < 4.78 is 32.9. The summed E-state index contributed by atoms with van der Waals surface area (Å²) in [6, 6.07) is 9.63. The second-order valence-electron chi connectivity index (χ2n) is 7.04. The molecule has 0 aliphatic carbocycles. The lowest BCUT2D eigenvalue weighted by molar-refractivity contribution is -0.120. The predicted molar refractivity (Wildman–Crippen MR) is 104 cm³/mol. The Morgan fingerprint density at radius 2 is 1.59 bits per heavy atom. The van der Waals surface area contributed by atoms with E-state index < -0.39 is 23.4 Å². The number of hydrogen-bond donors (Lipinski definition) is 0. The number of piperidine rings is 1.